The van der Waals surface area contributed by atoms with E-state index < -0.39 is 0 Å². The molecule has 0 saturated heterocycles. The highest BCUT2D eigenvalue weighted by Crippen LogP contribution is 2.17. The van der Waals surface area contributed by atoms with Crippen LogP contribution in [0.2, 0.25) is 5.02 Å². The molecular weight excluding hydrogens is 248 g/mol. The summed E-state index contributed by atoms with van der Waals surface area (Å²) in [5, 5.41) is 0.706. The third kappa shape index (κ3) is 4.53. The van der Waals surface area contributed by atoms with Crippen molar-refractivity contribution in [3.8, 4) is 0 Å². The lowest BCUT2D eigenvalue weighted by Gasteiger charge is -2.15. The van der Waals surface area contributed by atoms with Gasteiger partial charge in [-0.2, -0.15) is 0 Å². The van der Waals surface area contributed by atoms with Gasteiger partial charge in [0, 0.05) is 5.02 Å². The molecule has 98 valence electrons. The van der Waals surface area contributed by atoms with Crippen LogP contribution < -0.4 is 0 Å². The van der Waals surface area contributed by atoms with Crippen LogP contribution in [-0.4, -0.2) is 12.6 Å². The molecule has 0 N–H and O–H groups in total. The van der Waals surface area contributed by atoms with Crippen molar-refractivity contribution in [2.75, 3.05) is 6.61 Å². The van der Waals surface area contributed by atoms with Gasteiger partial charge in [-0.3, -0.25) is 4.79 Å². The van der Waals surface area contributed by atoms with Gasteiger partial charge in [-0.05, 0) is 30.5 Å². The zero-order valence-electron chi connectivity index (χ0n) is 11.0. The highest BCUT2D eigenvalue weighted by atomic mass is 35.5. The first-order valence-corrected chi connectivity index (χ1v) is 6.52. The number of ether oxygens (including phenoxy) is 1. The minimum absolute atomic E-state index is 0.169. The average Bonchev–Trinajstić information content (AvgIpc) is 2.31. The first-order chi connectivity index (χ1) is 8.54. The molecule has 0 aromatic heterocycles. The maximum atomic E-state index is 11.8. The van der Waals surface area contributed by atoms with Gasteiger partial charge >= 0.3 is 5.97 Å². The molecule has 0 aliphatic heterocycles. The minimum Gasteiger partial charge on any atom is -0.466 e. The molecular formula is C15H19ClO2. The van der Waals surface area contributed by atoms with Crippen molar-refractivity contribution in [1.82, 2.24) is 0 Å². The summed E-state index contributed by atoms with van der Waals surface area (Å²) in [6.07, 6.45) is 3.82. The van der Waals surface area contributed by atoms with Crippen LogP contribution in [0, 0.1) is 11.8 Å². The van der Waals surface area contributed by atoms with E-state index in [0.29, 0.717) is 11.6 Å². The molecule has 0 fully saturated rings. The summed E-state index contributed by atoms with van der Waals surface area (Å²) in [7, 11) is 0. The Morgan fingerprint density at radius 2 is 1.94 bits per heavy atom. The number of halogens is 1. The minimum atomic E-state index is -0.208. The largest absolute Gasteiger partial charge is 0.466 e. The summed E-state index contributed by atoms with van der Waals surface area (Å²) in [6, 6.07) is 7.49. The van der Waals surface area contributed by atoms with Gasteiger partial charge in [-0.15, -0.1) is 0 Å². The zero-order valence-corrected chi connectivity index (χ0v) is 11.8. The molecule has 0 saturated carbocycles. The van der Waals surface area contributed by atoms with Crippen LogP contribution in [-0.2, 0) is 9.53 Å². The molecule has 0 aliphatic rings. The monoisotopic (exact) mass is 266 g/mol. The second-order valence-electron chi connectivity index (χ2n) is 4.43. The van der Waals surface area contributed by atoms with E-state index in [1.807, 2.05) is 57.2 Å². The number of esters is 1. The third-order valence-electron chi connectivity index (χ3n) is 2.64. The quantitative estimate of drug-likeness (QED) is 0.747. The van der Waals surface area contributed by atoms with E-state index in [2.05, 4.69) is 0 Å². The van der Waals surface area contributed by atoms with E-state index in [4.69, 9.17) is 16.3 Å². The summed E-state index contributed by atoms with van der Waals surface area (Å²) >= 11 is 5.82. The molecule has 1 unspecified atom stereocenters. The zero-order chi connectivity index (χ0) is 13.5. The normalized spacial score (nSPS) is 12.9. The average molecular weight is 267 g/mol. The molecule has 0 heterocycles. The summed E-state index contributed by atoms with van der Waals surface area (Å²) < 4.78 is 5.06. The van der Waals surface area contributed by atoms with Gasteiger partial charge in [0.2, 0.25) is 0 Å². The van der Waals surface area contributed by atoms with Gasteiger partial charge in [0.15, 0.2) is 0 Å². The van der Waals surface area contributed by atoms with Crippen LogP contribution in [0.4, 0.5) is 0 Å². The van der Waals surface area contributed by atoms with E-state index in [0.717, 1.165) is 5.56 Å². The van der Waals surface area contributed by atoms with Crippen LogP contribution in [0.5, 0.6) is 0 Å². The lowest BCUT2D eigenvalue weighted by Crippen LogP contribution is -2.20. The molecule has 0 radical (unpaired) electrons. The number of rotatable bonds is 5. The van der Waals surface area contributed by atoms with E-state index in [1.54, 1.807) is 0 Å². The molecule has 0 spiro atoms. The van der Waals surface area contributed by atoms with E-state index in [1.165, 1.54) is 0 Å². The van der Waals surface area contributed by atoms with Crippen LogP contribution in [0.3, 0.4) is 0 Å². The second kappa shape index (κ2) is 7.22. The highest BCUT2D eigenvalue weighted by Gasteiger charge is 2.20. The molecule has 1 atom stereocenters. The van der Waals surface area contributed by atoms with Crippen LogP contribution >= 0.6 is 11.6 Å². The first kappa shape index (κ1) is 14.8. The lowest BCUT2D eigenvalue weighted by atomic mass is 9.95. The number of hydrogen-bond acceptors (Lipinski definition) is 2. The number of carbonyl (C=O) groups is 1. The highest BCUT2D eigenvalue weighted by molar-refractivity contribution is 6.30. The van der Waals surface area contributed by atoms with Crippen molar-refractivity contribution in [3.05, 3.63) is 40.9 Å². The van der Waals surface area contributed by atoms with E-state index >= 15 is 0 Å². The van der Waals surface area contributed by atoms with Crippen molar-refractivity contribution < 1.29 is 9.53 Å². The predicted molar refractivity (Wildman–Crippen MR) is 75.4 cm³/mol. The van der Waals surface area contributed by atoms with Crippen molar-refractivity contribution >= 4 is 23.6 Å². The molecule has 3 heteroatoms. The molecule has 0 bridgehead atoms. The Bertz CT molecular complexity index is 407. The van der Waals surface area contributed by atoms with Gasteiger partial charge in [-0.1, -0.05) is 49.7 Å². The van der Waals surface area contributed by atoms with Crippen LogP contribution in [0.25, 0.3) is 6.08 Å². The van der Waals surface area contributed by atoms with Crippen LogP contribution in [0.15, 0.2) is 30.3 Å². The van der Waals surface area contributed by atoms with Crippen molar-refractivity contribution in [2.45, 2.75) is 20.8 Å². The van der Waals surface area contributed by atoms with Gasteiger partial charge in [0.1, 0.15) is 0 Å². The standard InChI is InChI=1S/C15H19ClO2/c1-4-18-15(17)14(11(2)3)10-7-12-5-8-13(16)9-6-12/h5-11,14H,4H2,1-3H3/b10-7+. The Balaban J connectivity index is 2.77. The van der Waals surface area contributed by atoms with E-state index in [9.17, 15) is 4.79 Å². The lowest BCUT2D eigenvalue weighted by molar-refractivity contribution is -0.147. The Kier molecular flexibility index (Phi) is 5.93. The fourth-order valence-corrected chi connectivity index (χ4v) is 1.73. The SMILES string of the molecule is CCOC(=O)C(/C=C/c1ccc(Cl)cc1)C(C)C. The van der Waals surface area contributed by atoms with Gasteiger partial charge in [0.25, 0.3) is 0 Å². The number of hydrogen-bond donors (Lipinski definition) is 0. The Hall–Kier alpha value is -1.28. The maximum absolute atomic E-state index is 11.8. The van der Waals surface area contributed by atoms with Gasteiger partial charge < -0.3 is 4.74 Å². The molecule has 0 amide bonds. The molecule has 1 aromatic rings. The fourth-order valence-electron chi connectivity index (χ4n) is 1.60. The Morgan fingerprint density at radius 3 is 2.44 bits per heavy atom. The smallest absolute Gasteiger partial charge is 0.313 e. The Labute approximate surface area is 114 Å². The maximum Gasteiger partial charge on any atom is 0.313 e. The van der Waals surface area contributed by atoms with Gasteiger partial charge in [-0.25, -0.2) is 0 Å². The number of benzene rings is 1. The Morgan fingerprint density at radius 1 is 1.33 bits per heavy atom. The summed E-state index contributed by atoms with van der Waals surface area (Å²) in [4.78, 5) is 11.8. The summed E-state index contributed by atoms with van der Waals surface area (Å²) in [5.74, 6) is -0.161. The van der Waals surface area contributed by atoms with Crippen LogP contribution in [0.1, 0.15) is 26.3 Å². The molecule has 18 heavy (non-hydrogen) atoms. The third-order valence-corrected chi connectivity index (χ3v) is 2.89. The van der Waals surface area contributed by atoms with Crippen molar-refractivity contribution in [2.24, 2.45) is 11.8 Å². The fraction of sp³-hybridized carbons (Fsp3) is 0.400. The summed E-state index contributed by atoms with van der Waals surface area (Å²) in [6.45, 7) is 6.25. The predicted octanol–water partition coefficient (Wildman–Crippen LogP) is 4.19. The molecule has 1 rings (SSSR count). The molecule has 1 aromatic carbocycles. The number of carbonyl (C=O) groups excluding carboxylic acids is 1. The summed E-state index contributed by atoms with van der Waals surface area (Å²) in [5.41, 5.74) is 1.02. The van der Waals surface area contributed by atoms with Gasteiger partial charge in [0.05, 0.1) is 12.5 Å². The molecule has 0 aliphatic carbocycles. The second-order valence-corrected chi connectivity index (χ2v) is 4.87. The molecule has 2 nitrogen and oxygen atoms in total. The van der Waals surface area contributed by atoms with Crippen molar-refractivity contribution in [1.29, 1.82) is 0 Å². The van der Waals surface area contributed by atoms with E-state index in [-0.39, 0.29) is 17.8 Å². The first-order valence-electron chi connectivity index (χ1n) is 6.15. The van der Waals surface area contributed by atoms with Crippen molar-refractivity contribution in [3.63, 3.8) is 0 Å². The topological polar surface area (TPSA) is 26.3 Å².